The van der Waals surface area contributed by atoms with Crippen molar-refractivity contribution in [3.8, 4) is 0 Å². The predicted octanol–water partition coefficient (Wildman–Crippen LogP) is 0.480. The van der Waals surface area contributed by atoms with Gasteiger partial charge in [0.1, 0.15) is 19.8 Å². The third kappa shape index (κ3) is 31.4. The molecule has 0 aliphatic rings. The molecule has 0 aromatic rings. The van der Waals surface area contributed by atoms with Crippen LogP contribution in [-0.2, 0) is 56.9 Å². The second-order valence-corrected chi connectivity index (χ2v) is 10.9. The summed E-state index contributed by atoms with van der Waals surface area (Å²) in [6.45, 7) is 6.06. The van der Waals surface area contributed by atoms with E-state index in [2.05, 4.69) is 21.3 Å². The van der Waals surface area contributed by atoms with Gasteiger partial charge in [-0.3, -0.25) is 4.79 Å². The van der Waals surface area contributed by atoms with E-state index in [1.54, 1.807) is 0 Å². The molecule has 0 saturated heterocycles. The van der Waals surface area contributed by atoms with Crippen LogP contribution in [0.3, 0.4) is 0 Å². The highest BCUT2D eigenvalue weighted by atomic mass is 16.6. The molecule has 0 unspecified atom stereocenters. The molecule has 0 spiro atoms. The number of hydrogen-bond acceptors (Lipinski definition) is 15. The van der Waals surface area contributed by atoms with Crippen molar-refractivity contribution in [1.82, 2.24) is 21.3 Å². The van der Waals surface area contributed by atoms with Crippen molar-refractivity contribution < 1.29 is 71.3 Å². The Labute approximate surface area is 301 Å². The minimum absolute atomic E-state index is 0.00662. The number of carbonyl (C=O) groups excluding carboxylic acids is 4. The van der Waals surface area contributed by atoms with Gasteiger partial charge in [-0.2, -0.15) is 0 Å². The van der Waals surface area contributed by atoms with Gasteiger partial charge >= 0.3 is 18.3 Å². The quantitative estimate of drug-likeness (QED) is 0.0513. The molecule has 0 aliphatic carbocycles. The molecule has 0 radical (unpaired) electrons. The maximum absolute atomic E-state index is 11.8. The van der Waals surface area contributed by atoms with E-state index >= 15 is 0 Å². The number of hydrogen-bond donors (Lipinski definition) is 4. The average molecular weight is 743 g/mol. The summed E-state index contributed by atoms with van der Waals surface area (Å²) in [5, 5.41) is 10.5. The molecule has 19 nitrogen and oxygen atoms in total. The molecule has 51 heavy (non-hydrogen) atoms. The molecular formula is C32H62N4O15. The highest BCUT2D eigenvalue weighted by Crippen LogP contribution is 2.21. The molecule has 0 aromatic heterocycles. The third-order valence-electron chi connectivity index (χ3n) is 6.38. The average Bonchev–Trinajstić information content (AvgIpc) is 3.11. The van der Waals surface area contributed by atoms with Crippen molar-refractivity contribution in [2.45, 2.75) is 26.2 Å². The normalized spacial score (nSPS) is 11.1. The Balaban J connectivity index is 5.18. The standard InChI is InChI=1S/C32H62N4O15/c1-5-8-33-28(37)7-6-12-44-16-17-45-24-32(25-46-18-21-49-29(38)34-9-13-41-2,26-47-19-22-50-30(39)35-10-14-42-3)27-48-20-23-51-31(40)36-11-15-43-4/h5-27H2,1-4H3,(H,33,37)(H,34,38)(H,35,39)(H,36,40). The lowest BCUT2D eigenvalue weighted by Crippen LogP contribution is -2.43. The van der Waals surface area contributed by atoms with Crippen LogP contribution < -0.4 is 21.3 Å². The molecule has 0 heterocycles. The molecule has 0 aliphatic heterocycles. The van der Waals surface area contributed by atoms with Crippen molar-refractivity contribution in [1.29, 1.82) is 0 Å². The summed E-state index contributed by atoms with van der Waals surface area (Å²) >= 11 is 0. The lowest BCUT2D eigenvalue weighted by Gasteiger charge is -2.33. The summed E-state index contributed by atoms with van der Waals surface area (Å²) in [7, 11) is 4.58. The van der Waals surface area contributed by atoms with E-state index < -0.39 is 23.7 Å². The van der Waals surface area contributed by atoms with Crippen LogP contribution in [0.5, 0.6) is 0 Å². The third-order valence-corrected chi connectivity index (χ3v) is 6.38. The first kappa shape index (κ1) is 48.0. The summed E-state index contributed by atoms with van der Waals surface area (Å²) in [4.78, 5) is 47.3. The fourth-order valence-electron chi connectivity index (χ4n) is 3.81. The smallest absolute Gasteiger partial charge is 0.407 e. The van der Waals surface area contributed by atoms with Crippen molar-refractivity contribution in [2.24, 2.45) is 5.41 Å². The number of rotatable bonds is 35. The van der Waals surface area contributed by atoms with Gasteiger partial charge in [-0.15, -0.1) is 0 Å². The number of nitrogens with one attached hydrogen (secondary N) is 4. The second kappa shape index (κ2) is 35.4. The number of alkyl carbamates (subject to hydrolysis) is 3. The Morgan fingerprint density at radius 2 is 0.824 bits per heavy atom. The van der Waals surface area contributed by atoms with E-state index in [9.17, 15) is 19.2 Å². The van der Waals surface area contributed by atoms with Gasteiger partial charge in [-0.1, -0.05) is 6.92 Å². The number of amides is 4. The molecule has 0 fully saturated rings. The minimum atomic E-state index is -0.875. The summed E-state index contributed by atoms with van der Waals surface area (Å²) in [5.74, 6) is -0.00662. The van der Waals surface area contributed by atoms with Crippen LogP contribution in [0.4, 0.5) is 14.4 Å². The zero-order valence-corrected chi connectivity index (χ0v) is 30.9. The summed E-state index contributed by atoms with van der Waals surface area (Å²) < 4.78 is 59.3. The lowest BCUT2D eigenvalue weighted by molar-refractivity contribution is -0.121. The first-order chi connectivity index (χ1) is 24.8. The summed E-state index contributed by atoms with van der Waals surface area (Å²) in [6.07, 6.45) is 0.0395. The Kier molecular flexibility index (Phi) is 33.3. The van der Waals surface area contributed by atoms with Gasteiger partial charge in [0.25, 0.3) is 0 Å². The number of methoxy groups -OCH3 is 3. The zero-order valence-electron chi connectivity index (χ0n) is 30.9. The Morgan fingerprint density at radius 3 is 1.20 bits per heavy atom. The Morgan fingerprint density at radius 1 is 0.451 bits per heavy atom. The predicted molar refractivity (Wildman–Crippen MR) is 183 cm³/mol. The maximum Gasteiger partial charge on any atom is 0.407 e. The van der Waals surface area contributed by atoms with Crippen LogP contribution in [0.15, 0.2) is 0 Å². The van der Waals surface area contributed by atoms with Gasteiger partial charge in [-0.05, 0) is 12.8 Å². The van der Waals surface area contributed by atoms with Crippen LogP contribution >= 0.6 is 0 Å². The van der Waals surface area contributed by atoms with Crippen molar-refractivity contribution in [2.75, 3.05) is 153 Å². The second-order valence-electron chi connectivity index (χ2n) is 10.9. The molecule has 4 amide bonds. The van der Waals surface area contributed by atoms with Crippen molar-refractivity contribution in [3.63, 3.8) is 0 Å². The highest BCUT2D eigenvalue weighted by Gasteiger charge is 2.33. The van der Waals surface area contributed by atoms with Gasteiger partial charge in [0.05, 0.1) is 84.7 Å². The Hall–Kier alpha value is -3.04. The van der Waals surface area contributed by atoms with Gasteiger partial charge in [0.15, 0.2) is 0 Å². The molecule has 0 saturated carbocycles. The maximum atomic E-state index is 11.8. The highest BCUT2D eigenvalue weighted by molar-refractivity contribution is 5.75. The van der Waals surface area contributed by atoms with Crippen molar-refractivity contribution >= 4 is 24.2 Å². The van der Waals surface area contributed by atoms with Gasteiger partial charge in [-0.25, -0.2) is 14.4 Å². The van der Waals surface area contributed by atoms with E-state index in [-0.39, 0.29) is 78.6 Å². The van der Waals surface area contributed by atoms with Crippen LogP contribution in [0, 0.1) is 5.41 Å². The molecule has 0 bridgehead atoms. The fraction of sp³-hybridized carbons (Fsp3) is 0.875. The van der Waals surface area contributed by atoms with Gasteiger partial charge < -0.3 is 73.4 Å². The van der Waals surface area contributed by atoms with Gasteiger partial charge in [0, 0.05) is 60.5 Å². The van der Waals surface area contributed by atoms with Crippen LogP contribution in [0.1, 0.15) is 26.2 Å². The van der Waals surface area contributed by atoms with Crippen LogP contribution in [0.25, 0.3) is 0 Å². The fourth-order valence-corrected chi connectivity index (χ4v) is 3.81. The first-order valence-electron chi connectivity index (χ1n) is 17.2. The molecular weight excluding hydrogens is 680 g/mol. The van der Waals surface area contributed by atoms with Crippen LogP contribution in [-0.4, -0.2) is 177 Å². The molecule has 0 atom stereocenters. The van der Waals surface area contributed by atoms with Crippen molar-refractivity contribution in [3.05, 3.63) is 0 Å². The lowest BCUT2D eigenvalue weighted by atomic mass is 9.92. The minimum Gasteiger partial charge on any atom is -0.447 e. The zero-order chi connectivity index (χ0) is 37.7. The molecule has 4 N–H and O–H groups in total. The largest absolute Gasteiger partial charge is 0.447 e. The summed E-state index contributed by atoms with van der Waals surface area (Å²) in [5.41, 5.74) is -0.875. The van der Waals surface area contributed by atoms with Gasteiger partial charge in [0.2, 0.25) is 5.91 Å². The monoisotopic (exact) mass is 742 g/mol. The Bertz CT molecular complexity index is 794. The topological polar surface area (TPSA) is 218 Å². The van der Waals surface area contributed by atoms with E-state index in [1.165, 1.54) is 21.3 Å². The molecule has 19 heteroatoms. The summed E-state index contributed by atoms with van der Waals surface area (Å²) in [6, 6.07) is 0. The number of carbonyl (C=O) groups is 4. The molecule has 0 aromatic carbocycles. The molecule has 0 rings (SSSR count). The first-order valence-corrected chi connectivity index (χ1v) is 17.2. The van der Waals surface area contributed by atoms with E-state index in [1.807, 2.05) is 6.92 Å². The molecule has 300 valence electrons. The SMILES string of the molecule is CCCNC(=O)CCCOCCOCC(COCCOC(=O)NCCOC)(COCCOC(=O)NCCOC)COCCOC(=O)NCCOC. The van der Waals surface area contributed by atoms with Crippen LogP contribution in [0.2, 0.25) is 0 Å². The number of ether oxygens (including phenoxy) is 11. The van der Waals surface area contributed by atoms with E-state index in [0.717, 1.165) is 6.42 Å². The van der Waals surface area contributed by atoms with E-state index in [0.29, 0.717) is 72.1 Å². The van der Waals surface area contributed by atoms with E-state index in [4.69, 9.17) is 52.1 Å².